The summed E-state index contributed by atoms with van der Waals surface area (Å²) in [6.45, 7) is 0. The fourth-order valence-electron chi connectivity index (χ4n) is 2.56. The predicted octanol–water partition coefficient (Wildman–Crippen LogP) is 4.16. The van der Waals surface area contributed by atoms with Gasteiger partial charge >= 0.3 is 11.5 Å². The third kappa shape index (κ3) is 4.62. The SMILES string of the molecule is O=[N+]([O-])c1cccc[n+]1[O-].O=[N+]([O-])c1cnccc1Oc1cccc2ccccc12. The largest absolute Gasteiger partial charge is 0.614 e. The lowest BCUT2D eigenvalue weighted by Gasteiger charge is -2.08. The minimum Gasteiger partial charge on any atom is -0.614 e. The number of aromatic nitrogens is 2. The molecule has 10 nitrogen and oxygen atoms in total. The molecule has 2 aromatic heterocycles. The van der Waals surface area contributed by atoms with E-state index in [4.69, 9.17) is 4.74 Å². The first-order valence-corrected chi connectivity index (χ1v) is 8.54. The summed E-state index contributed by atoms with van der Waals surface area (Å²) < 4.78 is 5.91. The van der Waals surface area contributed by atoms with Crippen molar-refractivity contribution in [2.45, 2.75) is 0 Å². The van der Waals surface area contributed by atoms with Crippen molar-refractivity contribution in [3.05, 3.63) is 111 Å². The zero-order valence-electron chi connectivity index (χ0n) is 15.3. The molecule has 150 valence electrons. The van der Waals surface area contributed by atoms with Gasteiger partial charge in [-0.05, 0) is 17.5 Å². The smallest absolute Gasteiger partial charge is 0.512 e. The second-order valence-electron chi connectivity index (χ2n) is 5.82. The van der Waals surface area contributed by atoms with Crippen LogP contribution in [0.25, 0.3) is 10.8 Å². The fraction of sp³-hybridized carbons (Fsp3) is 0. The van der Waals surface area contributed by atoms with E-state index in [1.807, 2.05) is 36.4 Å². The highest BCUT2D eigenvalue weighted by Crippen LogP contribution is 2.34. The van der Waals surface area contributed by atoms with Crippen LogP contribution in [0.15, 0.2) is 85.3 Å². The van der Waals surface area contributed by atoms with Gasteiger partial charge in [-0.15, -0.1) is 4.73 Å². The lowest BCUT2D eigenvalue weighted by molar-refractivity contribution is -0.664. The van der Waals surface area contributed by atoms with Crippen LogP contribution in [0.3, 0.4) is 0 Å². The van der Waals surface area contributed by atoms with Crippen LogP contribution >= 0.6 is 0 Å². The maximum atomic E-state index is 11.0. The van der Waals surface area contributed by atoms with E-state index in [0.29, 0.717) is 5.75 Å². The molecule has 10 heteroatoms. The number of hydrogen-bond acceptors (Lipinski definition) is 7. The topological polar surface area (TPSA) is 135 Å². The molecule has 0 unspecified atom stereocenters. The Hall–Kier alpha value is -4.60. The van der Waals surface area contributed by atoms with Crippen LogP contribution in [0.4, 0.5) is 11.5 Å². The van der Waals surface area contributed by atoms with Crippen LogP contribution < -0.4 is 9.47 Å². The van der Waals surface area contributed by atoms with Crippen molar-refractivity contribution >= 4 is 22.3 Å². The average molecular weight is 406 g/mol. The summed E-state index contributed by atoms with van der Waals surface area (Å²) in [6.07, 6.45) is 3.73. The van der Waals surface area contributed by atoms with Crippen molar-refractivity contribution in [2.75, 3.05) is 0 Å². The first-order chi connectivity index (χ1) is 14.5. The molecule has 0 spiro atoms. The summed E-state index contributed by atoms with van der Waals surface area (Å²) in [4.78, 5) is 23.5. The van der Waals surface area contributed by atoms with Crippen LogP contribution in [0.2, 0.25) is 0 Å². The van der Waals surface area contributed by atoms with E-state index < -0.39 is 15.7 Å². The van der Waals surface area contributed by atoms with Gasteiger partial charge in [0.25, 0.3) is 0 Å². The zero-order chi connectivity index (χ0) is 21.5. The Morgan fingerprint density at radius 2 is 1.57 bits per heavy atom. The second-order valence-corrected chi connectivity index (χ2v) is 5.82. The van der Waals surface area contributed by atoms with Gasteiger partial charge in [-0.1, -0.05) is 36.4 Å². The minimum absolute atomic E-state index is 0.152. The van der Waals surface area contributed by atoms with E-state index >= 15 is 0 Å². The van der Waals surface area contributed by atoms with Crippen molar-refractivity contribution in [3.63, 3.8) is 0 Å². The predicted molar refractivity (Wildman–Crippen MR) is 107 cm³/mol. The van der Waals surface area contributed by atoms with Crippen molar-refractivity contribution in [2.24, 2.45) is 0 Å². The third-order valence-corrected chi connectivity index (χ3v) is 3.92. The molecule has 0 saturated carbocycles. The highest BCUT2D eigenvalue weighted by molar-refractivity contribution is 5.88. The molecule has 0 amide bonds. The molecular weight excluding hydrogens is 392 g/mol. The molecule has 0 aliphatic rings. The molecule has 0 aliphatic heterocycles. The number of fused-ring (bicyclic) bond motifs is 1. The first-order valence-electron chi connectivity index (χ1n) is 8.54. The number of hydrogen-bond donors (Lipinski definition) is 0. The molecule has 0 N–H and O–H groups in total. The first kappa shape index (κ1) is 20.1. The van der Waals surface area contributed by atoms with E-state index in [-0.39, 0.29) is 16.2 Å². The Morgan fingerprint density at radius 1 is 0.833 bits per heavy atom. The molecule has 2 heterocycles. The number of nitrogens with zero attached hydrogens (tertiary/aromatic N) is 4. The molecule has 4 rings (SSSR count). The second kappa shape index (κ2) is 9.06. The van der Waals surface area contributed by atoms with Crippen LogP contribution in [-0.2, 0) is 0 Å². The molecule has 30 heavy (non-hydrogen) atoms. The zero-order valence-corrected chi connectivity index (χ0v) is 15.3. The van der Waals surface area contributed by atoms with Crippen LogP contribution in [0, 0.1) is 25.4 Å². The molecule has 0 radical (unpaired) electrons. The van der Waals surface area contributed by atoms with Crippen LogP contribution in [0.1, 0.15) is 0 Å². The number of rotatable bonds is 4. The highest BCUT2D eigenvalue weighted by atomic mass is 16.6. The molecule has 4 aromatic rings. The van der Waals surface area contributed by atoms with Gasteiger partial charge < -0.3 is 9.94 Å². The van der Waals surface area contributed by atoms with Gasteiger partial charge in [-0.25, -0.2) is 0 Å². The summed E-state index contributed by atoms with van der Waals surface area (Å²) in [7, 11) is 0. The molecule has 0 bridgehead atoms. The van der Waals surface area contributed by atoms with Gasteiger partial charge in [-0.3, -0.25) is 25.2 Å². The Morgan fingerprint density at radius 3 is 2.27 bits per heavy atom. The Bertz CT molecular complexity index is 1210. The van der Waals surface area contributed by atoms with E-state index in [1.54, 1.807) is 6.07 Å². The van der Waals surface area contributed by atoms with Gasteiger partial charge in [0, 0.05) is 23.7 Å². The van der Waals surface area contributed by atoms with Gasteiger partial charge in [-0.2, -0.15) is 0 Å². The molecular formula is C20H14N4O6. The Labute approximate surface area is 169 Å². The monoisotopic (exact) mass is 406 g/mol. The normalized spacial score (nSPS) is 10.0. The van der Waals surface area contributed by atoms with E-state index in [2.05, 4.69) is 4.98 Å². The third-order valence-electron chi connectivity index (χ3n) is 3.92. The van der Waals surface area contributed by atoms with Gasteiger partial charge in [0.15, 0.2) is 6.20 Å². The maximum Gasteiger partial charge on any atom is 0.512 e. The van der Waals surface area contributed by atoms with E-state index in [0.717, 1.165) is 23.0 Å². The van der Waals surface area contributed by atoms with E-state index in [9.17, 15) is 25.4 Å². The lowest BCUT2D eigenvalue weighted by Crippen LogP contribution is -2.28. The van der Waals surface area contributed by atoms with Gasteiger partial charge in [0.05, 0.1) is 11.0 Å². The van der Waals surface area contributed by atoms with Crippen molar-refractivity contribution in [1.82, 2.24) is 4.98 Å². The summed E-state index contributed by atoms with van der Waals surface area (Å²) in [6, 6.07) is 18.8. The van der Waals surface area contributed by atoms with Crippen LogP contribution in [0.5, 0.6) is 11.5 Å². The lowest BCUT2D eigenvalue weighted by atomic mass is 10.1. The minimum atomic E-state index is -0.729. The fourth-order valence-corrected chi connectivity index (χ4v) is 2.56. The standard InChI is InChI=1S/C15H10N2O3.C5H4N2O3/c18-17(19)13-10-16-9-8-15(13)20-14-7-3-5-11-4-1-2-6-12(11)14;8-6-4-2-1-3-5(6)7(9)10/h1-10H;1-4H. The van der Waals surface area contributed by atoms with Gasteiger partial charge in [0.2, 0.25) is 5.75 Å². The van der Waals surface area contributed by atoms with Crippen molar-refractivity contribution in [3.8, 4) is 11.5 Å². The molecule has 2 aromatic carbocycles. The van der Waals surface area contributed by atoms with Crippen LogP contribution in [-0.4, -0.2) is 14.8 Å². The number of benzene rings is 2. The molecule has 0 fully saturated rings. The van der Waals surface area contributed by atoms with Crippen molar-refractivity contribution in [1.29, 1.82) is 0 Å². The number of nitro groups is 2. The summed E-state index contributed by atoms with van der Waals surface area (Å²) in [5, 5.41) is 33.4. The highest BCUT2D eigenvalue weighted by Gasteiger charge is 2.16. The summed E-state index contributed by atoms with van der Waals surface area (Å²) >= 11 is 0. The Balaban J connectivity index is 0.000000216. The number of pyridine rings is 2. The van der Waals surface area contributed by atoms with Gasteiger partial charge in [0.1, 0.15) is 16.9 Å². The average Bonchev–Trinajstić information content (AvgIpc) is 2.75. The number of ether oxygens (including phenoxy) is 1. The summed E-state index contributed by atoms with van der Waals surface area (Å²) in [5.74, 6) is 0.307. The van der Waals surface area contributed by atoms with E-state index in [1.165, 1.54) is 30.6 Å². The maximum absolute atomic E-state index is 11.0. The summed E-state index contributed by atoms with van der Waals surface area (Å²) in [5.41, 5.74) is -0.152. The molecule has 0 saturated heterocycles. The van der Waals surface area contributed by atoms with Crippen molar-refractivity contribution < 1.29 is 19.3 Å². The molecule has 0 atom stereocenters. The quantitative estimate of drug-likeness (QED) is 0.215. The Kier molecular flexibility index (Phi) is 6.08. The molecule has 0 aliphatic carbocycles.